The van der Waals surface area contributed by atoms with Gasteiger partial charge in [0, 0.05) is 11.9 Å². The minimum atomic E-state index is -0.418. The first-order valence-electron chi connectivity index (χ1n) is 7.03. The molecular weight excluding hydrogens is 429 g/mol. The Kier molecular flexibility index (Phi) is 5.71. The van der Waals surface area contributed by atoms with E-state index in [9.17, 15) is 9.18 Å². The van der Waals surface area contributed by atoms with Crippen molar-refractivity contribution in [1.82, 2.24) is 20.2 Å². The van der Waals surface area contributed by atoms with Crippen LogP contribution in [0.2, 0.25) is 0 Å². The number of rotatable bonds is 5. The van der Waals surface area contributed by atoms with Gasteiger partial charge in [0.25, 0.3) is 5.91 Å². The van der Waals surface area contributed by atoms with Crippen molar-refractivity contribution in [2.45, 2.75) is 17.8 Å². The van der Waals surface area contributed by atoms with Crippen LogP contribution in [0.25, 0.3) is 0 Å². The molecule has 3 rings (SSSR count). The Morgan fingerprint density at radius 3 is 2.88 bits per heavy atom. The molecule has 0 radical (unpaired) electrons. The normalized spacial score (nSPS) is 10.7. The Morgan fingerprint density at radius 2 is 2.16 bits per heavy atom. The maximum absolute atomic E-state index is 13.7. The summed E-state index contributed by atoms with van der Waals surface area (Å²) in [6.07, 6.45) is 1.50. The maximum atomic E-state index is 13.7. The molecule has 25 heavy (non-hydrogen) atoms. The lowest BCUT2D eigenvalue weighted by Gasteiger charge is -2.06. The topological polar surface area (TPSA) is 80.7 Å². The van der Waals surface area contributed by atoms with E-state index in [1.54, 1.807) is 25.1 Å². The maximum Gasteiger partial charge on any atom is 0.277 e. The third-order valence-electron chi connectivity index (χ3n) is 3.00. The number of benzene rings is 1. The molecule has 3 aromatic rings. The van der Waals surface area contributed by atoms with Gasteiger partial charge < -0.3 is 0 Å². The zero-order chi connectivity index (χ0) is 17.8. The highest BCUT2D eigenvalue weighted by Gasteiger charge is 2.16. The first kappa shape index (κ1) is 17.9. The minimum absolute atomic E-state index is 0.180. The van der Waals surface area contributed by atoms with Gasteiger partial charge in [-0.25, -0.2) is 14.4 Å². The summed E-state index contributed by atoms with van der Waals surface area (Å²) in [5.41, 5.74) is 0.730. The van der Waals surface area contributed by atoms with E-state index in [-0.39, 0.29) is 11.5 Å². The van der Waals surface area contributed by atoms with Gasteiger partial charge in [-0.15, -0.1) is 10.2 Å². The summed E-state index contributed by atoms with van der Waals surface area (Å²) in [6.45, 7) is 1.80. The van der Waals surface area contributed by atoms with Gasteiger partial charge >= 0.3 is 0 Å². The van der Waals surface area contributed by atoms with E-state index in [1.165, 1.54) is 35.4 Å². The van der Waals surface area contributed by atoms with Crippen LogP contribution >= 0.6 is 39.0 Å². The molecule has 128 valence electrons. The smallest absolute Gasteiger partial charge is 0.277 e. The molecule has 0 saturated heterocycles. The van der Waals surface area contributed by atoms with Crippen LogP contribution < -0.4 is 5.32 Å². The molecule has 1 amide bonds. The molecule has 1 aromatic carbocycles. The zero-order valence-corrected chi connectivity index (χ0v) is 16.1. The fourth-order valence-corrected chi connectivity index (χ4v) is 3.60. The van der Waals surface area contributed by atoms with Crippen molar-refractivity contribution >= 4 is 50.1 Å². The Labute approximate surface area is 159 Å². The van der Waals surface area contributed by atoms with E-state index in [4.69, 9.17) is 0 Å². The molecule has 0 aliphatic heterocycles. The van der Waals surface area contributed by atoms with Crippen LogP contribution in [0.5, 0.6) is 0 Å². The highest BCUT2D eigenvalue weighted by atomic mass is 79.9. The molecule has 0 bridgehead atoms. The number of halogens is 2. The summed E-state index contributed by atoms with van der Waals surface area (Å²) in [5.74, 6) is -0.333. The van der Waals surface area contributed by atoms with Crippen molar-refractivity contribution in [1.29, 1.82) is 0 Å². The summed E-state index contributed by atoms with van der Waals surface area (Å²) < 4.78 is 14.1. The van der Waals surface area contributed by atoms with Crippen LogP contribution in [-0.4, -0.2) is 26.1 Å². The summed E-state index contributed by atoms with van der Waals surface area (Å²) in [4.78, 5) is 20.8. The number of nitrogens with zero attached hydrogens (tertiary/aromatic N) is 4. The van der Waals surface area contributed by atoms with E-state index in [2.05, 4.69) is 41.4 Å². The average Bonchev–Trinajstić information content (AvgIpc) is 3.00. The van der Waals surface area contributed by atoms with Crippen LogP contribution in [0.3, 0.4) is 0 Å². The van der Waals surface area contributed by atoms with Crippen molar-refractivity contribution < 1.29 is 9.18 Å². The molecular formula is C15H11BrFN5OS2. The number of anilines is 1. The Hall–Kier alpha value is -1.91. The van der Waals surface area contributed by atoms with Crippen LogP contribution in [0.4, 0.5) is 9.52 Å². The van der Waals surface area contributed by atoms with E-state index in [1.807, 2.05) is 0 Å². The molecule has 1 N–H and O–H groups in total. The monoisotopic (exact) mass is 439 g/mol. The molecule has 10 heteroatoms. The van der Waals surface area contributed by atoms with Gasteiger partial charge in [-0.3, -0.25) is 10.1 Å². The molecule has 0 spiro atoms. The molecule has 0 aliphatic rings. The zero-order valence-electron chi connectivity index (χ0n) is 12.9. The standard InChI is InChI=1S/C15H11BrFN5OS2/c1-8-21-22-15(25-8)20-13(23)12-10(16)6-18-14(19-12)24-7-9-4-2-3-5-11(9)17/h2-6H,7H2,1H3,(H,20,22,23). The largest absolute Gasteiger partial charge is 0.295 e. The number of amides is 1. The lowest BCUT2D eigenvalue weighted by Crippen LogP contribution is -2.15. The average molecular weight is 440 g/mol. The number of thioether (sulfide) groups is 1. The van der Waals surface area contributed by atoms with Crippen molar-refractivity contribution in [3.63, 3.8) is 0 Å². The van der Waals surface area contributed by atoms with Crippen molar-refractivity contribution in [2.24, 2.45) is 0 Å². The van der Waals surface area contributed by atoms with Gasteiger partial charge in [-0.1, -0.05) is 41.3 Å². The van der Waals surface area contributed by atoms with Crippen LogP contribution in [-0.2, 0) is 5.75 Å². The summed E-state index contributed by atoms with van der Waals surface area (Å²) >= 11 is 5.79. The third-order valence-corrected chi connectivity index (χ3v) is 5.24. The minimum Gasteiger partial charge on any atom is -0.295 e. The van der Waals surface area contributed by atoms with E-state index < -0.39 is 5.91 Å². The van der Waals surface area contributed by atoms with E-state index >= 15 is 0 Å². The van der Waals surface area contributed by atoms with Crippen molar-refractivity contribution in [3.05, 3.63) is 57.0 Å². The number of aryl methyl sites for hydroxylation is 1. The SMILES string of the molecule is Cc1nnc(NC(=O)c2nc(SCc3ccccc3F)ncc2Br)s1. The van der Waals surface area contributed by atoms with Gasteiger partial charge in [0.05, 0.1) is 4.47 Å². The Balaban J connectivity index is 1.73. The Morgan fingerprint density at radius 1 is 1.36 bits per heavy atom. The Bertz CT molecular complexity index is 920. The molecule has 0 unspecified atom stereocenters. The van der Waals surface area contributed by atoms with Crippen LogP contribution in [0, 0.1) is 12.7 Å². The highest BCUT2D eigenvalue weighted by Crippen LogP contribution is 2.24. The van der Waals surface area contributed by atoms with Gasteiger partial charge in [-0.2, -0.15) is 0 Å². The number of hydrogen-bond acceptors (Lipinski definition) is 7. The second-order valence-electron chi connectivity index (χ2n) is 4.81. The lowest BCUT2D eigenvalue weighted by atomic mass is 10.2. The molecule has 0 atom stereocenters. The summed E-state index contributed by atoms with van der Waals surface area (Å²) in [5, 5.41) is 11.9. The fourth-order valence-electron chi connectivity index (χ4n) is 1.84. The molecule has 0 saturated carbocycles. The molecule has 2 aromatic heterocycles. The second-order valence-corrected chi connectivity index (χ2v) is 7.79. The number of carbonyl (C=O) groups is 1. The van der Waals surface area contributed by atoms with E-state index in [0.717, 1.165) is 5.01 Å². The van der Waals surface area contributed by atoms with Crippen molar-refractivity contribution in [3.8, 4) is 0 Å². The quantitative estimate of drug-likeness (QED) is 0.476. The number of carbonyl (C=O) groups excluding carboxylic acids is 1. The van der Waals surface area contributed by atoms with Gasteiger partial charge in [0.2, 0.25) is 5.13 Å². The second kappa shape index (κ2) is 7.98. The van der Waals surface area contributed by atoms with Crippen LogP contribution in [0.15, 0.2) is 40.1 Å². The van der Waals surface area contributed by atoms with Crippen LogP contribution in [0.1, 0.15) is 21.1 Å². The van der Waals surface area contributed by atoms with Gasteiger partial charge in [-0.05, 0) is 34.5 Å². The predicted octanol–water partition coefficient (Wildman–Crippen LogP) is 4.08. The fraction of sp³-hybridized carbons (Fsp3) is 0.133. The van der Waals surface area contributed by atoms with E-state index in [0.29, 0.717) is 26.1 Å². The third kappa shape index (κ3) is 4.59. The van der Waals surface area contributed by atoms with Gasteiger partial charge in [0.1, 0.15) is 16.5 Å². The molecule has 6 nitrogen and oxygen atoms in total. The predicted molar refractivity (Wildman–Crippen MR) is 98.3 cm³/mol. The van der Waals surface area contributed by atoms with Crippen molar-refractivity contribution in [2.75, 3.05) is 5.32 Å². The highest BCUT2D eigenvalue weighted by molar-refractivity contribution is 9.10. The van der Waals surface area contributed by atoms with Gasteiger partial charge in [0.15, 0.2) is 5.16 Å². The molecule has 0 aliphatic carbocycles. The lowest BCUT2D eigenvalue weighted by molar-refractivity contribution is 0.102. The number of aromatic nitrogens is 4. The number of hydrogen-bond donors (Lipinski definition) is 1. The number of nitrogens with one attached hydrogen (secondary N) is 1. The summed E-state index contributed by atoms with van der Waals surface area (Å²) in [7, 11) is 0. The first-order valence-corrected chi connectivity index (χ1v) is 9.62. The molecule has 2 heterocycles. The summed E-state index contributed by atoms with van der Waals surface area (Å²) in [6, 6.07) is 6.51. The molecule has 0 fully saturated rings. The first-order chi connectivity index (χ1) is 12.0.